The van der Waals surface area contributed by atoms with Crippen LogP contribution in [0.1, 0.15) is 11.4 Å². The first-order valence-corrected chi connectivity index (χ1v) is 8.31. The normalized spacial score (nSPS) is 11.0. The average molecular weight is 345 g/mol. The lowest BCUT2D eigenvalue weighted by molar-refractivity contribution is 0.873. The molecule has 4 aromatic rings. The molecule has 26 heavy (non-hydrogen) atoms. The lowest BCUT2D eigenvalue weighted by Crippen LogP contribution is -2.19. The molecule has 0 aliphatic carbocycles. The number of nitrogens with zero attached hydrogens (tertiary/aromatic N) is 6. The number of fused-ring (bicyclic) bond motifs is 1. The third-order valence-corrected chi connectivity index (χ3v) is 4.15. The molecule has 0 saturated carbocycles. The van der Waals surface area contributed by atoms with E-state index in [0.29, 0.717) is 18.2 Å². The van der Waals surface area contributed by atoms with E-state index >= 15 is 0 Å². The summed E-state index contributed by atoms with van der Waals surface area (Å²) < 4.78 is 1.84. The molecule has 7 heteroatoms. The van der Waals surface area contributed by atoms with Gasteiger partial charge in [-0.15, -0.1) is 0 Å². The number of anilines is 2. The summed E-state index contributed by atoms with van der Waals surface area (Å²) in [6, 6.07) is 13.7. The molecular formula is C19H19N7. The zero-order valence-electron chi connectivity index (χ0n) is 14.7. The van der Waals surface area contributed by atoms with Crippen LogP contribution in [0.25, 0.3) is 16.7 Å². The summed E-state index contributed by atoms with van der Waals surface area (Å²) >= 11 is 0. The van der Waals surface area contributed by atoms with Crippen molar-refractivity contribution in [3.63, 3.8) is 0 Å². The van der Waals surface area contributed by atoms with Crippen LogP contribution in [-0.2, 0) is 6.54 Å². The van der Waals surface area contributed by atoms with Gasteiger partial charge in [-0.1, -0.05) is 24.3 Å². The topological polar surface area (TPSA) is 85.8 Å². The summed E-state index contributed by atoms with van der Waals surface area (Å²) in [5.74, 6) is 2.06. The second-order valence-electron chi connectivity index (χ2n) is 6.17. The zero-order valence-corrected chi connectivity index (χ0v) is 14.7. The molecule has 0 fully saturated rings. The van der Waals surface area contributed by atoms with E-state index in [1.54, 1.807) is 12.3 Å². The van der Waals surface area contributed by atoms with Crippen molar-refractivity contribution in [3.8, 4) is 5.69 Å². The fourth-order valence-corrected chi connectivity index (χ4v) is 2.93. The number of hydrogen-bond donors (Lipinski definition) is 1. The van der Waals surface area contributed by atoms with E-state index in [0.717, 1.165) is 28.1 Å². The van der Waals surface area contributed by atoms with Crippen molar-refractivity contribution < 1.29 is 0 Å². The molecule has 0 saturated heterocycles. The second-order valence-corrected chi connectivity index (χ2v) is 6.17. The maximum Gasteiger partial charge on any atom is 0.168 e. The molecule has 3 aromatic heterocycles. The molecule has 0 aliphatic heterocycles. The molecule has 0 atom stereocenters. The summed E-state index contributed by atoms with van der Waals surface area (Å²) in [4.78, 5) is 15.5. The number of hydrogen-bond acceptors (Lipinski definition) is 6. The van der Waals surface area contributed by atoms with Crippen LogP contribution < -0.4 is 10.6 Å². The third kappa shape index (κ3) is 2.95. The third-order valence-electron chi connectivity index (χ3n) is 4.15. The fraction of sp³-hybridized carbons (Fsp3) is 0.158. The quantitative estimate of drug-likeness (QED) is 0.612. The van der Waals surface area contributed by atoms with Gasteiger partial charge in [0.05, 0.1) is 17.3 Å². The number of rotatable bonds is 4. The van der Waals surface area contributed by atoms with Crippen LogP contribution in [0.2, 0.25) is 0 Å². The summed E-state index contributed by atoms with van der Waals surface area (Å²) in [7, 11) is 2.00. The van der Waals surface area contributed by atoms with Gasteiger partial charge >= 0.3 is 0 Å². The molecule has 3 heterocycles. The summed E-state index contributed by atoms with van der Waals surface area (Å²) in [6.07, 6.45) is 3.60. The molecule has 0 amide bonds. The Morgan fingerprint density at radius 1 is 1.04 bits per heavy atom. The highest BCUT2D eigenvalue weighted by molar-refractivity contribution is 5.87. The highest BCUT2D eigenvalue weighted by Gasteiger charge is 2.16. The second kappa shape index (κ2) is 6.44. The molecule has 0 aliphatic rings. The van der Waals surface area contributed by atoms with Crippen LogP contribution in [0.4, 0.5) is 11.6 Å². The van der Waals surface area contributed by atoms with E-state index in [1.807, 2.05) is 61.2 Å². The standard InChI is InChI=1S/C19H19N7/c1-13-23-18(25(2)12-14-8-9-17(20)21-10-14)16-11-22-26(19(16)24-13)15-6-4-3-5-7-15/h3-11H,12H2,1-2H3,(H2,20,21). The molecule has 7 nitrogen and oxygen atoms in total. The molecular weight excluding hydrogens is 326 g/mol. The van der Waals surface area contributed by atoms with Gasteiger partial charge in [0.1, 0.15) is 17.5 Å². The SMILES string of the molecule is Cc1nc(N(C)Cc2ccc(N)nc2)c2cnn(-c3ccccc3)c2n1. The van der Waals surface area contributed by atoms with Crippen LogP contribution in [0.3, 0.4) is 0 Å². The van der Waals surface area contributed by atoms with Crippen LogP contribution >= 0.6 is 0 Å². The Hall–Kier alpha value is -3.48. The van der Waals surface area contributed by atoms with Gasteiger partial charge in [-0.25, -0.2) is 19.6 Å². The monoisotopic (exact) mass is 345 g/mol. The van der Waals surface area contributed by atoms with Gasteiger partial charge in [-0.3, -0.25) is 0 Å². The van der Waals surface area contributed by atoms with Crippen LogP contribution in [0.15, 0.2) is 54.9 Å². The molecule has 130 valence electrons. The van der Waals surface area contributed by atoms with E-state index in [2.05, 4.69) is 25.0 Å². The van der Waals surface area contributed by atoms with E-state index in [9.17, 15) is 0 Å². The Morgan fingerprint density at radius 2 is 1.85 bits per heavy atom. The fourth-order valence-electron chi connectivity index (χ4n) is 2.93. The summed E-state index contributed by atoms with van der Waals surface area (Å²) in [5.41, 5.74) is 8.48. The maximum atomic E-state index is 5.66. The first-order valence-electron chi connectivity index (χ1n) is 8.31. The van der Waals surface area contributed by atoms with Crippen molar-refractivity contribution in [1.82, 2.24) is 24.7 Å². The van der Waals surface area contributed by atoms with Crippen molar-refractivity contribution in [2.75, 3.05) is 17.7 Å². The number of aromatic nitrogens is 5. The van der Waals surface area contributed by atoms with Crippen LogP contribution in [-0.4, -0.2) is 31.8 Å². The van der Waals surface area contributed by atoms with Gasteiger partial charge in [-0.05, 0) is 30.7 Å². The Bertz CT molecular complexity index is 1040. The van der Waals surface area contributed by atoms with Gasteiger partial charge in [0, 0.05) is 19.8 Å². The minimum Gasteiger partial charge on any atom is -0.384 e. The first kappa shape index (κ1) is 16.0. The van der Waals surface area contributed by atoms with Crippen molar-refractivity contribution in [2.45, 2.75) is 13.5 Å². The molecule has 2 N–H and O–H groups in total. The average Bonchev–Trinajstić information content (AvgIpc) is 3.07. The van der Waals surface area contributed by atoms with Gasteiger partial charge in [-0.2, -0.15) is 5.10 Å². The van der Waals surface area contributed by atoms with E-state index < -0.39 is 0 Å². The molecule has 4 rings (SSSR count). The number of aryl methyl sites for hydroxylation is 1. The Kier molecular flexibility index (Phi) is 3.96. The summed E-state index contributed by atoms with van der Waals surface area (Å²) in [5, 5.41) is 5.43. The minimum absolute atomic E-state index is 0.515. The Labute approximate surface area is 151 Å². The van der Waals surface area contributed by atoms with Crippen LogP contribution in [0.5, 0.6) is 0 Å². The van der Waals surface area contributed by atoms with Gasteiger partial charge < -0.3 is 10.6 Å². The van der Waals surface area contributed by atoms with Crippen molar-refractivity contribution >= 4 is 22.7 Å². The van der Waals surface area contributed by atoms with Gasteiger partial charge in [0.25, 0.3) is 0 Å². The minimum atomic E-state index is 0.515. The van der Waals surface area contributed by atoms with Crippen molar-refractivity contribution in [1.29, 1.82) is 0 Å². The van der Waals surface area contributed by atoms with Crippen LogP contribution in [0, 0.1) is 6.92 Å². The van der Waals surface area contributed by atoms with Crippen molar-refractivity contribution in [2.24, 2.45) is 0 Å². The molecule has 0 radical (unpaired) electrons. The Morgan fingerprint density at radius 3 is 2.58 bits per heavy atom. The molecule has 0 bridgehead atoms. The first-order chi connectivity index (χ1) is 12.6. The smallest absolute Gasteiger partial charge is 0.168 e. The highest BCUT2D eigenvalue weighted by Crippen LogP contribution is 2.26. The van der Waals surface area contributed by atoms with E-state index in [-0.39, 0.29) is 0 Å². The highest BCUT2D eigenvalue weighted by atomic mass is 15.3. The largest absolute Gasteiger partial charge is 0.384 e. The van der Waals surface area contributed by atoms with E-state index in [4.69, 9.17) is 5.73 Å². The number of nitrogens with two attached hydrogens (primary N) is 1. The maximum absolute atomic E-state index is 5.66. The lowest BCUT2D eigenvalue weighted by atomic mass is 10.2. The summed E-state index contributed by atoms with van der Waals surface area (Å²) in [6.45, 7) is 2.55. The van der Waals surface area contributed by atoms with Gasteiger partial charge in [0.2, 0.25) is 0 Å². The molecule has 0 unspecified atom stereocenters. The predicted molar refractivity (Wildman–Crippen MR) is 102 cm³/mol. The zero-order chi connectivity index (χ0) is 18.1. The Balaban J connectivity index is 1.75. The number of pyridine rings is 1. The number of para-hydroxylation sites is 1. The number of benzene rings is 1. The van der Waals surface area contributed by atoms with E-state index in [1.165, 1.54) is 0 Å². The molecule has 0 spiro atoms. The number of nitrogen functional groups attached to an aromatic ring is 1. The van der Waals surface area contributed by atoms with Crippen molar-refractivity contribution in [3.05, 3.63) is 66.2 Å². The lowest BCUT2D eigenvalue weighted by Gasteiger charge is -2.19. The predicted octanol–water partition coefficient (Wildman–Crippen LogP) is 2.74. The molecule has 1 aromatic carbocycles. The van der Waals surface area contributed by atoms with Gasteiger partial charge in [0.15, 0.2) is 5.65 Å².